The van der Waals surface area contributed by atoms with Crippen molar-refractivity contribution in [2.24, 2.45) is 0 Å². The van der Waals surface area contributed by atoms with Gasteiger partial charge in [-0.3, -0.25) is 9.48 Å². The fraction of sp³-hybridized carbons (Fsp3) is 0.158. The third-order valence-electron chi connectivity index (χ3n) is 3.83. The first-order chi connectivity index (χ1) is 11.9. The van der Waals surface area contributed by atoms with E-state index in [9.17, 15) is 4.79 Å². The Hall–Kier alpha value is -2.30. The molecule has 0 radical (unpaired) electrons. The molecule has 25 heavy (non-hydrogen) atoms. The van der Waals surface area contributed by atoms with Crippen LogP contribution in [-0.2, 0) is 6.54 Å². The molecule has 0 aliphatic carbocycles. The van der Waals surface area contributed by atoms with Crippen molar-refractivity contribution in [3.63, 3.8) is 0 Å². The van der Waals surface area contributed by atoms with Crippen molar-refractivity contribution in [2.45, 2.75) is 20.4 Å². The monoisotopic (exact) mass is 373 g/mol. The highest BCUT2D eigenvalue weighted by atomic mass is 35.5. The zero-order valence-electron chi connectivity index (χ0n) is 13.9. The zero-order chi connectivity index (χ0) is 18.0. The smallest absolute Gasteiger partial charge is 0.257 e. The molecule has 0 aliphatic heterocycles. The van der Waals surface area contributed by atoms with Gasteiger partial charge in [0.15, 0.2) is 5.82 Å². The number of aryl methyl sites for hydroxylation is 2. The summed E-state index contributed by atoms with van der Waals surface area (Å²) in [6, 6.07) is 13.2. The first-order valence-corrected chi connectivity index (χ1v) is 8.54. The number of nitrogens with zero attached hydrogens (tertiary/aromatic N) is 2. The number of halogens is 2. The van der Waals surface area contributed by atoms with E-state index in [-0.39, 0.29) is 5.91 Å². The third kappa shape index (κ3) is 4.21. The van der Waals surface area contributed by atoms with Crippen molar-refractivity contribution in [1.29, 1.82) is 0 Å². The molecule has 1 aromatic heterocycles. The maximum absolute atomic E-state index is 12.5. The van der Waals surface area contributed by atoms with E-state index in [1.54, 1.807) is 16.9 Å². The van der Waals surface area contributed by atoms with Gasteiger partial charge < -0.3 is 5.32 Å². The fourth-order valence-electron chi connectivity index (χ4n) is 2.58. The molecule has 0 saturated carbocycles. The Bertz CT molecular complexity index is 917. The summed E-state index contributed by atoms with van der Waals surface area (Å²) in [7, 11) is 0. The number of nitrogens with one attached hydrogen (secondary N) is 1. The van der Waals surface area contributed by atoms with Crippen LogP contribution in [0.5, 0.6) is 0 Å². The molecule has 2 aromatic carbocycles. The third-order valence-corrected chi connectivity index (χ3v) is 4.36. The van der Waals surface area contributed by atoms with Crippen LogP contribution in [-0.4, -0.2) is 15.7 Å². The van der Waals surface area contributed by atoms with E-state index in [1.807, 2.05) is 50.2 Å². The number of carbonyl (C=O) groups is 1. The van der Waals surface area contributed by atoms with Crippen LogP contribution in [0, 0.1) is 13.8 Å². The molecule has 0 spiro atoms. The van der Waals surface area contributed by atoms with Gasteiger partial charge in [-0.1, -0.05) is 53.0 Å². The lowest BCUT2D eigenvalue weighted by Gasteiger charge is -2.07. The van der Waals surface area contributed by atoms with E-state index in [4.69, 9.17) is 23.2 Å². The fourth-order valence-corrected chi connectivity index (χ4v) is 2.91. The minimum Gasteiger partial charge on any atom is -0.304 e. The lowest BCUT2D eigenvalue weighted by molar-refractivity contribution is 0.102. The second kappa shape index (κ2) is 7.30. The number of anilines is 1. The summed E-state index contributed by atoms with van der Waals surface area (Å²) in [5, 5.41) is 8.22. The number of rotatable bonds is 4. The zero-order valence-corrected chi connectivity index (χ0v) is 15.4. The normalized spacial score (nSPS) is 10.7. The maximum Gasteiger partial charge on any atom is 0.257 e. The Balaban J connectivity index is 1.76. The number of aromatic nitrogens is 2. The molecule has 0 fully saturated rings. The van der Waals surface area contributed by atoms with Gasteiger partial charge >= 0.3 is 0 Å². The van der Waals surface area contributed by atoms with Gasteiger partial charge in [-0.15, -0.1) is 0 Å². The van der Waals surface area contributed by atoms with Crippen molar-refractivity contribution in [3.8, 4) is 0 Å². The van der Waals surface area contributed by atoms with E-state index in [0.717, 1.165) is 16.7 Å². The largest absolute Gasteiger partial charge is 0.304 e. The molecule has 6 heteroatoms. The van der Waals surface area contributed by atoms with Gasteiger partial charge in [0, 0.05) is 16.8 Å². The molecule has 3 rings (SSSR count). The van der Waals surface area contributed by atoms with Gasteiger partial charge in [0.1, 0.15) is 5.02 Å². The van der Waals surface area contributed by atoms with Crippen molar-refractivity contribution in [1.82, 2.24) is 9.78 Å². The Morgan fingerprint density at radius 2 is 1.84 bits per heavy atom. The average molecular weight is 374 g/mol. The summed E-state index contributed by atoms with van der Waals surface area (Å²) in [5.41, 5.74) is 3.67. The molecule has 0 bridgehead atoms. The molecule has 0 atom stereocenters. The molecule has 0 unspecified atom stereocenters. The quantitative estimate of drug-likeness (QED) is 0.690. The Morgan fingerprint density at radius 1 is 1.12 bits per heavy atom. The van der Waals surface area contributed by atoms with Crippen LogP contribution in [0.15, 0.2) is 48.7 Å². The minimum atomic E-state index is -0.226. The molecule has 128 valence electrons. The second-order valence-corrected chi connectivity index (χ2v) is 6.77. The minimum absolute atomic E-state index is 0.226. The van der Waals surface area contributed by atoms with E-state index < -0.39 is 0 Å². The van der Waals surface area contributed by atoms with Crippen LogP contribution in [0.3, 0.4) is 0 Å². The van der Waals surface area contributed by atoms with Gasteiger partial charge in [0.2, 0.25) is 0 Å². The molecular formula is C19H17Cl2N3O. The van der Waals surface area contributed by atoms with E-state index in [2.05, 4.69) is 10.4 Å². The molecule has 1 heterocycles. The lowest BCUT2D eigenvalue weighted by Crippen LogP contribution is -2.14. The van der Waals surface area contributed by atoms with Crippen LogP contribution in [0.1, 0.15) is 27.0 Å². The number of amides is 1. The summed E-state index contributed by atoms with van der Waals surface area (Å²) in [6.45, 7) is 4.43. The van der Waals surface area contributed by atoms with E-state index in [1.165, 1.54) is 0 Å². The van der Waals surface area contributed by atoms with Crippen LogP contribution in [0.2, 0.25) is 10.0 Å². The standard InChI is InChI=1S/C19H17Cl2N3O/c1-12-3-8-16(13(2)9-12)19(25)22-18-17(21)11-24(23-18)10-14-4-6-15(20)7-5-14/h3-9,11H,10H2,1-2H3,(H,22,23,25). The first-order valence-electron chi connectivity index (χ1n) is 7.78. The summed E-state index contributed by atoms with van der Waals surface area (Å²) in [5.74, 6) is 0.122. The second-order valence-electron chi connectivity index (χ2n) is 5.92. The number of hydrogen-bond acceptors (Lipinski definition) is 2. The molecule has 1 amide bonds. The summed E-state index contributed by atoms with van der Waals surface area (Å²) < 4.78 is 1.68. The van der Waals surface area contributed by atoms with Gasteiger partial charge in [-0.2, -0.15) is 5.10 Å². The predicted octanol–water partition coefficient (Wildman–Crippen LogP) is 5.11. The van der Waals surface area contributed by atoms with Crippen LogP contribution >= 0.6 is 23.2 Å². The molecule has 1 N–H and O–H groups in total. The summed E-state index contributed by atoms with van der Waals surface area (Å²) in [4.78, 5) is 12.5. The Morgan fingerprint density at radius 3 is 2.52 bits per heavy atom. The summed E-state index contributed by atoms with van der Waals surface area (Å²) in [6.07, 6.45) is 1.69. The maximum atomic E-state index is 12.5. The van der Waals surface area contributed by atoms with Crippen LogP contribution in [0.4, 0.5) is 5.82 Å². The van der Waals surface area contributed by atoms with E-state index >= 15 is 0 Å². The summed E-state index contributed by atoms with van der Waals surface area (Å²) >= 11 is 12.1. The van der Waals surface area contributed by atoms with Crippen LogP contribution in [0.25, 0.3) is 0 Å². The molecule has 0 aliphatic rings. The van der Waals surface area contributed by atoms with Gasteiger partial charge in [-0.05, 0) is 43.2 Å². The highest BCUT2D eigenvalue weighted by Gasteiger charge is 2.14. The number of benzene rings is 2. The van der Waals surface area contributed by atoms with E-state index in [0.29, 0.717) is 28.0 Å². The Labute approximate surface area is 156 Å². The Kier molecular flexibility index (Phi) is 5.11. The number of hydrogen-bond donors (Lipinski definition) is 1. The highest BCUT2D eigenvalue weighted by molar-refractivity contribution is 6.33. The molecular weight excluding hydrogens is 357 g/mol. The SMILES string of the molecule is Cc1ccc(C(=O)Nc2nn(Cc3ccc(Cl)cc3)cc2Cl)c(C)c1. The number of carbonyl (C=O) groups excluding carboxylic acids is 1. The van der Waals surface area contributed by atoms with Gasteiger partial charge in [0.25, 0.3) is 5.91 Å². The van der Waals surface area contributed by atoms with Crippen LogP contribution < -0.4 is 5.32 Å². The molecule has 4 nitrogen and oxygen atoms in total. The van der Waals surface area contributed by atoms with Crippen molar-refractivity contribution in [2.75, 3.05) is 5.32 Å². The average Bonchev–Trinajstić information content (AvgIpc) is 2.89. The molecule has 3 aromatic rings. The first kappa shape index (κ1) is 17.5. The lowest BCUT2D eigenvalue weighted by atomic mass is 10.1. The van der Waals surface area contributed by atoms with Crippen molar-refractivity contribution >= 4 is 34.9 Å². The predicted molar refractivity (Wildman–Crippen MR) is 102 cm³/mol. The van der Waals surface area contributed by atoms with Gasteiger partial charge in [0.05, 0.1) is 6.54 Å². The molecule has 0 saturated heterocycles. The van der Waals surface area contributed by atoms with Gasteiger partial charge in [-0.25, -0.2) is 0 Å². The highest BCUT2D eigenvalue weighted by Crippen LogP contribution is 2.22. The topological polar surface area (TPSA) is 46.9 Å². The van der Waals surface area contributed by atoms with Crippen molar-refractivity contribution < 1.29 is 4.79 Å². The van der Waals surface area contributed by atoms with Crippen molar-refractivity contribution in [3.05, 3.63) is 81.0 Å².